The number of amides is 9. The Morgan fingerprint density at radius 3 is 1.91 bits per heavy atom. The van der Waals surface area contributed by atoms with Gasteiger partial charge in [-0.25, -0.2) is 0 Å². The fourth-order valence-electron chi connectivity index (χ4n) is 8.04. The second kappa shape index (κ2) is 26.3. The van der Waals surface area contributed by atoms with Gasteiger partial charge in [-0.1, -0.05) is 62.4 Å². The standard InChI is InChI=1S/C48H69N13O9/c1-26(2)22-36(44(67)58-35(18-12-20-52-48(50)51)42(65)54-27(3)40(49)63)59-45(68)37(23-31-14-8-7-9-15-31)60-46(69)39-19-13-21-61(39)47(70)29(5)56-41(64)28(4)55-43(66)38(57-30(6)62)24-32-25-53-34-17-11-10-16-33(32)34/h7-11,14-17,25-29,35-39,53H,12-13,18-24H2,1-6H3,(H2,49,63)(H,54,65)(H,55,66)(H,56,64)(H,57,62)(H,58,67)(H,59,68)(H,60,69)(H4,50,51,52)/t27-,28-,29-,35-,36-,37-,38-,39-/m0/s1. The maximum absolute atomic E-state index is 14.3. The number of nitrogens with zero attached hydrogens (tertiary/aromatic N) is 2. The van der Waals surface area contributed by atoms with Crippen molar-refractivity contribution >= 4 is 70.0 Å². The highest BCUT2D eigenvalue weighted by atomic mass is 16.2. The number of aliphatic imine (C=N–C) groups is 1. The molecule has 1 aliphatic rings. The quantitative estimate of drug-likeness (QED) is 0.0278. The second-order valence-corrected chi connectivity index (χ2v) is 18.1. The van der Waals surface area contributed by atoms with Gasteiger partial charge in [0.1, 0.15) is 48.3 Å². The summed E-state index contributed by atoms with van der Waals surface area (Å²) in [6.45, 7) is 9.59. The summed E-state index contributed by atoms with van der Waals surface area (Å²) in [6.07, 6.45) is 3.09. The molecule has 2 aromatic carbocycles. The topological polar surface area (TPSA) is 347 Å². The Labute approximate surface area is 407 Å². The van der Waals surface area contributed by atoms with Crippen molar-refractivity contribution in [2.45, 2.75) is 135 Å². The van der Waals surface area contributed by atoms with Crippen molar-refractivity contribution in [1.82, 2.24) is 47.1 Å². The van der Waals surface area contributed by atoms with Crippen LogP contribution in [0.4, 0.5) is 0 Å². The highest BCUT2D eigenvalue weighted by molar-refractivity contribution is 5.98. The summed E-state index contributed by atoms with van der Waals surface area (Å²) in [7, 11) is 0. The number of fused-ring (bicyclic) bond motifs is 1. The summed E-state index contributed by atoms with van der Waals surface area (Å²) in [5.74, 6) is -6.09. The van der Waals surface area contributed by atoms with E-state index >= 15 is 0 Å². The molecule has 22 heteroatoms. The minimum Gasteiger partial charge on any atom is -0.370 e. The van der Waals surface area contributed by atoms with E-state index in [1.807, 2.05) is 38.1 Å². The summed E-state index contributed by atoms with van der Waals surface area (Å²) in [5.41, 5.74) is 18.6. The van der Waals surface area contributed by atoms with E-state index in [4.69, 9.17) is 17.2 Å². The van der Waals surface area contributed by atoms with Gasteiger partial charge in [-0.2, -0.15) is 0 Å². The van der Waals surface area contributed by atoms with Crippen molar-refractivity contribution in [3.05, 3.63) is 71.9 Å². The molecule has 1 saturated heterocycles. The van der Waals surface area contributed by atoms with E-state index in [-0.39, 0.29) is 63.5 Å². The number of primary amides is 1. The highest BCUT2D eigenvalue weighted by Crippen LogP contribution is 2.21. The molecule has 0 radical (unpaired) electrons. The monoisotopic (exact) mass is 972 g/mol. The molecule has 22 nitrogen and oxygen atoms in total. The Morgan fingerprint density at radius 1 is 0.671 bits per heavy atom. The summed E-state index contributed by atoms with van der Waals surface area (Å²) >= 11 is 0. The van der Waals surface area contributed by atoms with Gasteiger partial charge in [0.25, 0.3) is 0 Å². The van der Waals surface area contributed by atoms with Gasteiger partial charge in [0.2, 0.25) is 53.2 Å². The number of carbonyl (C=O) groups is 9. The van der Waals surface area contributed by atoms with E-state index in [1.54, 1.807) is 36.5 Å². The number of aromatic amines is 1. The SMILES string of the molecule is CC(=O)N[C@@H](Cc1c[nH]c2ccccc12)C(=O)N[C@@H](C)C(=O)N[C@@H](C)C(=O)N1CCC[C@H]1C(=O)N[C@@H](Cc1ccccc1)C(=O)N[C@@H](CC(C)C)C(=O)N[C@@H](CCCN=C(N)N)C(=O)N[C@@H](C)C(N)=O. The molecule has 1 fully saturated rings. The van der Waals surface area contributed by atoms with Gasteiger partial charge in [0.15, 0.2) is 5.96 Å². The normalized spacial score (nSPS) is 16.3. The van der Waals surface area contributed by atoms with Crippen molar-refractivity contribution < 1.29 is 43.2 Å². The van der Waals surface area contributed by atoms with Crippen LogP contribution in [0.5, 0.6) is 0 Å². The molecule has 2 heterocycles. The Balaban J connectivity index is 1.45. The van der Waals surface area contributed by atoms with Crippen LogP contribution >= 0.6 is 0 Å². The van der Waals surface area contributed by atoms with Crippen molar-refractivity contribution in [2.24, 2.45) is 28.1 Å². The van der Waals surface area contributed by atoms with Gasteiger partial charge in [0, 0.05) is 50.0 Å². The second-order valence-electron chi connectivity index (χ2n) is 18.1. The molecular formula is C48H69N13O9. The lowest BCUT2D eigenvalue weighted by molar-refractivity contribution is -0.142. The van der Waals surface area contributed by atoms with Crippen LogP contribution < -0.4 is 54.4 Å². The lowest BCUT2D eigenvalue weighted by Crippen LogP contribution is -2.60. The van der Waals surface area contributed by atoms with Crippen LogP contribution in [-0.2, 0) is 56.0 Å². The first-order valence-electron chi connectivity index (χ1n) is 23.5. The minimum atomic E-state index is -1.23. The molecular weight excluding hydrogens is 903 g/mol. The zero-order valence-electron chi connectivity index (χ0n) is 40.6. The van der Waals surface area contributed by atoms with E-state index in [2.05, 4.69) is 47.2 Å². The fraction of sp³-hybridized carbons (Fsp3) is 0.500. The smallest absolute Gasteiger partial charge is 0.245 e. The lowest BCUT2D eigenvalue weighted by atomic mass is 10.00. The van der Waals surface area contributed by atoms with Crippen LogP contribution in [0, 0.1) is 5.92 Å². The number of rotatable bonds is 25. The van der Waals surface area contributed by atoms with Crippen molar-refractivity contribution in [3.8, 4) is 0 Å². The molecule has 1 aliphatic heterocycles. The largest absolute Gasteiger partial charge is 0.370 e. The molecule has 0 saturated carbocycles. The minimum absolute atomic E-state index is 0.0105. The maximum Gasteiger partial charge on any atom is 0.245 e. The van der Waals surface area contributed by atoms with Gasteiger partial charge >= 0.3 is 0 Å². The molecule has 14 N–H and O–H groups in total. The summed E-state index contributed by atoms with van der Waals surface area (Å²) < 4.78 is 0. The number of nitrogens with one attached hydrogen (secondary N) is 8. The van der Waals surface area contributed by atoms with E-state index in [1.165, 1.54) is 32.6 Å². The number of guanidine groups is 1. The number of likely N-dealkylation sites (tertiary alicyclic amines) is 1. The molecule has 1 aromatic heterocycles. The van der Waals surface area contributed by atoms with Crippen molar-refractivity contribution in [2.75, 3.05) is 13.1 Å². The van der Waals surface area contributed by atoms with Crippen LogP contribution in [0.25, 0.3) is 10.9 Å². The molecule has 380 valence electrons. The number of nitrogens with two attached hydrogens (primary N) is 3. The first kappa shape index (κ1) is 55.1. The predicted molar refractivity (Wildman–Crippen MR) is 262 cm³/mol. The fourth-order valence-corrected chi connectivity index (χ4v) is 8.04. The molecule has 0 aliphatic carbocycles. The molecule has 8 atom stereocenters. The number of hydrogen-bond donors (Lipinski definition) is 11. The Kier molecular flexibility index (Phi) is 20.7. The molecule has 4 rings (SSSR count). The Bertz CT molecular complexity index is 2370. The third-order valence-corrected chi connectivity index (χ3v) is 11.7. The van der Waals surface area contributed by atoms with Crippen LogP contribution in [0.2, 0.25) is 0 Å². The van der Waals surface area contributed by atoms with Crippen LogP contribution in [0.3, 0.4) is 0 Å². The zero-order chi connectivity index (χ0) is 51.7. The van der Waals surface area contributed by atoms with Gasteiger partial charge in [-0.05, 0) is 76.0 Å². The predicted octanol–water partition coefficient (Wildman–Crippen LogP) is -0.998. The molecule has 0 spiro atoms. The van der Waals surface area contributed by atoms with Crippen molar-refractivity contribution in [3.63, 3.8) is 0 Å². The van der Waals surface area contributed by atoms with Gasteiger partial charge in [-0.3, -0.25) is 48.1 Å². The first-order valence-corrected chi connectivity index (χ1v) is 23.5. The third kappa shape index (κ3) is 16.6. The number of aromatic nitrogens is 1. The Hall–Kier alpha value is -7.52. The lowest BCUT2D eigenvalue weighted by Gasteiger charge is -2.30. The van der Waals surface area contributed by atoms with E-state index < -0.39 is 101 Å². The van der Waals surface area contributed by atoms with Crippen LogP contribution in [0.15, 0.2) is 65.8 Å². The average Bonchev–Trinajstić information content (AvgIpc) is 3.97. The van der Waals surface area contributed by atoms with Gasteiger partial charge in [-0.15, -0.1) is 0 Å². The molecule has 0 bridgehead atoms. The average molecular weight is 972 g/mol. The molecule has 3 aromatic rings. The van der Waals surface area contributed by atoms with Crippen LogP contribution in [0.1, 0.15) is 84.8 Å². The van der Waals surface area contributed by atoms with Crippen LogP contribution in [-0.4, -0.2) is 130 Å². The van der Waals surface area contributed by atoms with Gasteiger partial charge < -0.3 is 64.3 Å². The molecule has 0 unspecified atom stereocenters. The highest BCUT2D eigenvalue weighted by Gasteiger charge is 2.39. The number of hydrogen-bond acceptors (Lipinski definition) is 10. The summed E-state index contributed by atoms with van der Waals surface area (Å²) in [6, 6.07) is 7.46. The van der Waals surface area contributed by atoms with Gasteiger partial charge in [0.05, 0.1) is 0 Å². The van der Waals surface area contributed by atoms with E-state index in [0.717, 1.165) is 16.5 Å². The number of benzene rings is 2. The van der Waals surface area contributed by atoms with E-state index in [0.29, 0.717) is 12.0 Å². The Morgan fingerprint density at radius 2 is 1.26 bits per heavy atom. The zero-order valence-corrected chi connectivity index (χ0v) is 40.6. The third-order valence-electron chi connectivity index (χ3n) is 11.7. The number of carbonyl (C=O) groups excluding carboxylic acids is 9. The number of para-hydroxylation sites is 1. The summed E-state index contributed by atoms with van der Waals surface area (Å²) in [4.78, 5) is 129. The molecule has 9 amide bonds. The van der Waals surface area contributed by atoms with E-state index in [9.17, 15) is 43.2 Å². The summed E-state index contributed by atoms with van der Waals surface area (Å²) in [5, 5.41) is 19.6. The number of H-pyrrole nitrogens is 1. The first-order chi connectivity index (χ1) is 33.1. The maximum atomic E-state index is 14.3. The molecule has 70 heavy (non-hydrogen) atoms. The van der Waals surface area contributed by atoms with Crippen molar-refractivity contribution in [1.29, 1.82) is 0 Å².